The molecule has 4 N–H and O–H groups in total. The van der Waals surface area contributed by atoms with Crippen molar-refractivity contribution in [1.82, 2.24) is 10.2 Å². The molecule has 2 amide bonds. The summed E-state index contributed by atoms with van der Waals surface area (Å²) in [7, 11) is 0. The van der Waals surface area contributed by atoms with Gasteiger partial charge in [-0.25, -0.2) is 0 Å². The number of amidine groups is 1. The molecule has 1 fully saturated rings. The SMILES string of the molecule is Cc1ccc(CO/N=C(/N)c2ccc(CNC(=O)C3CCN3C(=O)C(O)c3cc(Cl)cc(OC(F)(F)F)c3)cc2)cc1. The monoisotopic (exact) mass is 604 g/mol. The first-order valence-electron chi connectivity index (χ1n) is 12.8. The minimum atomic E-state index is -4.98. The van der Waals surface area contributed by atoms with Crippen molar-refractivity contribution < 1.29 is 37.4 Å². The Morgan fingerprint density at radius 1 is 1.12 bits per heavy atom. The smallest absolute Gasteiger partial charge is 0.406 e. The first-order chi connectivity index (χ1) is 19.9. The number of alkyl halides is 3. The number of halogens is 4. The van der Waals surface area contributed by atoms with Crippen molar-refractivity contribution in [1.29, 1.82) is 0 Å². The van der Waals surface area contributed by atoms with E-state index in [0.717, 1.165) is 39.8 Å². The van der Waals surface area contributed by atoms with Gasteiger partial charge in [-0.1, -0.05) is 70.9 Å². The van der Waals surface area contributed by atoms with Crippen LogP contribution in [-0.2, 0) is 27.6 Å². The number of benzene rings is 3. The predicted molar refractivity (Wildman–Crippen MR) is 148 cm³/mol. The Morgan fingerprint density at radius 3 is 2.40 bits per heavy atom. The number of amides is 2. The van der Waals surface area contributed by atoms with Crippen LogP contribution < -0.4 is 15.8 Å². The van der Waals surface area contributed by atoms with Crippen LogP contribution in [0.3, 0.4) is 0 Å². The first kappa shape index (κ1) is 30.7. The van der Waals surface area contributed by atoms with Crippen LogP contribution in [0.4, 0.5) is 13.2 Å². The van der Waals surface area contributed by atoms with Gasteiger partial charge in [0.25, 0.3) is 5.91 Å². The predicted octanol–water partition coefficient (Wildman–Crippen LogP) is 4.33. The van der Waals surface area contributed by atoms with Crippen LogP contribution in [0.2, 0.25) is 5.02 Å². The number of nitrogens with zero attached hydrogens (tertiary/aromatic N) is 2. The van der Waals surface area contributed by atoms with E-state index in [4.69, 9.17) is 22.2 Å². The minimum absolute atomic E-state index is 0.160. The highest BCUT2D eigenvalue weighted by Crippen LogP contribution is 2.31. The van der Waals surface area contributed by atoms with Gasteiger partial charge in [-0.15, -0.1) is 13.2 Å². The fraction of sp³-hybridized carbons (Fsp3) is 0.276. The van der Waals surface area contributed by atoms with Gasteiger partial charge < -0.3 is 30.6 Å². The summed E-state index contributed by atoms with van der Waals surface area (Å²) in [5.41, 5.74) is 9.30. The number of nitrogens with one attached hydrogen (secondary N) is 1. The Morgan fingerprint density at radius 2 is 1.79 bits per heavy atom. The molecule has 0 saturated carbocycles. The molecule has 2 atom stereocenters. The lowest BCUT2D eigenvalue weighted by Crippen LogP contribution is -2.59. The van der Waals surface area contributed by atoms with Gasteiger partial charge in [-0.05, 0) is 48.2 Å². The van der Waals surface area contributed by atoms with E-state index in [9.17, 15) is 27.9 Å². The van der Waals surface area contributed by atoms with Crippen molar-refractivity contribution in [3.63, 3.8) is 0 Å². The Balaban J connectivity index is 1.28. The fourth-order valence-corrected chi connectivity index (χ4v) is 4.41. The summed E-state index contributed by atoms with van der Waals surface area (Å²) in [5, 5.41) is 17.1. The molecule has 0 aromatic heterocycles. The zero-order chi connectivity index (χ0) is 30.4. The molecule has 0 spiro atoms. The summed E-state index contributed by atoms with van der Waals surface area (Å²) >= 11 is 5.84. The minimum Gasteiger partial charge on any atom is -0.406 e. The van der Waals surface area contributed by atoms with Gasteiger partial charge in [0.2, 0.25) is 5.91 Å². The molecule has 1 saturated heterocycles. The largest absolute Gasteiger partial charge is 0.573 e. The summed E-state index contributed by atoms with van der Waals surface area (Å²) in [5.74, 6) is -1.77. The van der Waals surface area contributed by atoms with Crippen LogP contribution in [0.5, 0.6) is 5.75 Å². The summed E-state index contributed by atoms with van der Waals surface area (Å²) in [4.78, 5) is 32.1. The van der Waals surface area contributed by atoms with Crippen LogP contribution in [0.15, 0.2) is 71.9 Å². The Hall–Kier alpha value is -4.29. The van der Waals surface area contributed by atoms with Crippen LogP contribution in [-0.4, -0.2) is 46.6 Å². The maximum Gasteiger partial charge on any atom is 0.573 e. The van der Waals surface area contributed by atoms with Gasteiger partial charge in [0.05, 0.1) is 0 Å². The molecule has 2 unspecified atom stereocenters. The van der Waals surface area contributed by atoms with Gasteiger partial charge in [0, 0.05) is 23.7 Å². The summed E-state index contributed by atoms with van der Waals surface area (Å²) in [6.07, 6.45) is -6.46. The second-order valence-corrected chi connectivity index (χ2v) is 10.1. The topological polar surface area (TPSA) is 126 Å². The number of hydrogen-bond acceptors (Lipinski definition) is 6. The molecule has 0 bridgehead atoms. The quantitative estimate of drug-likeness (QED) is 0.180. The number of ether oxygens (including phenoxy) is 1. The Labute approximate surface area is 244 Å². The van der Waals surface area contributed by atoms with E-state index in [1.807, 2.05) is 31.2 Å². The van der Waals surface area contributed by atoms with E-state index in [2.05, 4.69) is 15.2 Å². The molecule has 13 heteroatoms. The Kier molecular flexibility index (Phi) is 9.59. The van der Waals surface area contributed by atoms with E-state index in [0.29, 0.717) is 12.0 Å². The van der Waals surface area contributed by atoms with Crippen molar-refractivity contribution in [3.05, 3.63) is 99.6 Å². The van der Waals surface area contributed by atoms with Crippen molar-refractivity contribution in [2.75, 3.05) is 6.54 Å². The molecule has 1 aliphatic heterocycles. The van der Waals surface area contributed by atoms with E-state index in [1.165, 1.54) is 0 Å². The van der Waals surface area contributed by atoms with Gasteiger partial charge in [-0.2, -0.15) is 0 Å². The number of oxime groups is 1. The lowest BCUT2D eigenvalue weighted by Gasteiger charge is -2.40. The zero-order valence-electron chi connectivity index (χ0n) is 22.4. The van der Waals surface area contributed by atoms with Gasteiger partial charge in [0.15, 0.2) is 11.9 Å². The molecule has 1 aliphatic rings. The van der Waals surface area contributed by atoms with Crippen molar-refractivity contribution in [2.45, 2.75) is 45.0 Å². The third kappa shape index (κ3) is 8.14. The van der Waals surface area contributed by atoms with Gasteiger partial charge >= 0.3 is 6.36 Å². The highest BCUT2D eigenvalue weighted by molar-refractivity contribution is 6.30. The number of nitrogens with two attached hydrogens (primary N) is 1. The maximum atomic E-state index is 12.8. The molecular weight excluding hydrogens is 577 g/mol. The van der Waals surface area contributed by atoms with Crippen LogP contribution in [0.1, 0.15) is 40.3 Å². The molecule has 3 aromatic carbocycles. The van der Waals surface area contributed by atoms with Gasteiger partial charge in [-0.3, -0.25) is 9.59 Å². The van der Waals surface area contributed by atoms with Crippen molar-refractivity contribution in [2.24, 2.45) is 10.9 Å². The molecular formula is C29H28ClF3N4O5. The van der Waals surface area contributed by atoms with Crippen molar-refractivity contribution in [3.8, 4) is 5.75 Å². The van der Waals surface area contributed by atoms with Crippen molar-refractivity contribution >= 4 is 29.3 Å². The summed E-state index contributed by atoms with van der Waals surface area (Å²) in [6.45, 7) is 2.62. The molecule has 42 heavy (non-hydrogen) atoms. The summed E-state index contributed by atoms with van der Waals surface area (Å²) < 4.78 is 41.6. The van der Waals surface area contributed by atoms with Gasteiger partial charge in [0.1, 0.15) is 18.4 Å². The number of aryl methyl sites for hydroxylation is 1. The number of carbonyl (C=O) groups is 2. The molecule has 9 nitrogen and oxygen atoms in total. The highest BCUT2D eigenvalue weighted by atomic mass is 35.5. The molecule has 1 heterocycles. The van der Waals surface area contributed by atoms with Crippen LogP contribution >= 0.6 is 11.6 Å². The number of aliphatic hydroxyl groups is 1. The molecule has 3 aromatic rings. The first-order valence-corrected chi connectivity index (χ1v) is 13.2. The average Bonchev–Trinajstić information content (AvgIpc) is 2.91. The Bertz CT molecular complexity index is 1450. The average molecular weight is 605 g/mol. The van der Waals surface area contributed by atoms with Crippen LogP contribution in [0, 0.1) is 6.92 Å². The highest BCUT2D eigenvalue weighted by Gasteiger charge is 2.40. The lowest BCUT2D eigenvalue weighted by atomic mass is 9.98. The molecule has 0 aliphatic carbocycles. The maximum absolute atomic E-state index is 12.8. The standard InChI is InChI=1S/C29H28ClF3N4O5/c1-17-2-4-19(5-3-17)16-41-36-26(34)20-8-6-18(7-9-20)15-35-27(39)24-10-11-37(24)28(40)25(38)21-12-22(30)14-23(13-21)42-29(31,32)33/h2-9,12-14,24-25,38H,10-11,15-16H2,1H3,(H2,34,36)(H,35,39). The number of rotatable bonds is 10. The molecule has 222 valence electrons. The zero-order valence-corrected chi connectivity index (χ0v) is 23.2. The number of likely N-dealkylation sites (tertiary alicyclic amines) is 1. The van der Waals surface area contributed by atoms with E-state index in [-0.39, 0.29) is 36.1 Å². The third-order valence-corrected chi connectivity index (χ3v) is 6.73. The summed E-state index contributed by atoms with van der Waals surface area (Å²) in [6, 6.07) is 16.9. The number of aliphatic hydroxyl groups excluding tert-OH is 1. The third-order valence-electron chi connectivity index (χ3n) is 6.51. The fourth-order valence-electron chi connectivity index (χ4n) is 4.17. The molecule has 4 rings (SSSR count). The van der Waals surface area contributed by atoms with Crippen LogP contribution in [0.25, 0.3) is 0 Å². The number of hydrogen-bond donors (Lipinski definition) is 3. The van der Waals surface area contributed by atoms with E-state index >= 15 is 0 Å². The molecule has 0 radical (unpaired) electrons. The normalized spacial score (nSPS) is 15.9. The van der Waals surface area contributed by atoms with E-state index < -0.39 is 36.1 Å². The second kappa shape index (κ2) is 13.1. The lowest BCUT2D eigenvalue weighted by molar-refractivity contribution is -0.274. The second-order valence-electron chi connectivity index (χ2n) is 9.66. The van der Waals surface area contributed by atoms with E-state index in [1.54, 1.807) is 24.3 Å². The number of carbonyl (C=O) groups excluding carboxylic acids is 2.